The first-order valence-electron chi connectivity index (χ1n) is 6.42. The summed E-state index contributed by atoms with van der Waals surface area (Å²) in [4.78, 5) is 22.7. The molecule has 0 aliphatic heterocycles. The SMILES string of the molecule is CCOc1c(Br)cc(C(=O)NC(C)CC(=O)O)cc1OC. The van der Waals surface area contributed by atoms with Crippen LogP contribution in [-0.2, 0) is 4.79 Å². The van der Waals surface area contributed by atoms with Crippen LogP contribution in [0.1, 0.15) is 30.6 Å². The highest BCUT2D eigenvalue weighted by Gasteiger charge is 2.17. The van der Waals surface area contributed by atoms with Crippen molar-refractivity contribution in [2.75, 3.05) is 13.7 Å². The molecular weight excluding hydrogens is 342 g/mol. The Labute approximate surface area is 131 Å². The number of nitrogens with one attached hydrogen (secondary N) is 1. The maximum atomic E-state index is 12.1. The highest BCUT2D eigenvalue weighted by atomic mass is 79.9. The quantitative estimate of drug-likeness (QED) is 0.780. The third kappa shape index (κ3) is 4.93. The second-order valence-electron chi connectivity index (χ2n) is 4.39. The Balaban J connectivity index is 2.95. The maximum absolute atomic E-state index is 12.1. The lowest BCUT2D eigenvalue weighted by molar-refractivity contribution is -0.137. The number of carbonyl (C=O) groups excluding carboxylic acids is 1. The van der Waals surface area contributed by atoms with Crippen molar-refractivity contribution >= 4 is 27.8 Å². The first-order valence-corrected chi connectivity index (χ1v) is 7.21. The summed E-state index contributed by atoms with van der Waals surface area (Å²) < 4.78 is 11.3. The van der Waals surface area contributed by atoms with Gasteiger partial charge in [0.15, 0.2) is 11.5 Å². The van der Waals surface area contributed by atoms with Crippen molar-refractivity contribution < 1.29 is 24.2 Å². The van der Waals surface area contributed by atoms with E-state index in [1.165, 1.54) is 7.11 Å². The Morgan fingerprint density at radius 3 is 2.62 bits per heavy atom. The van der Waals surface area contributed by atoms with Crippen LogP contribution in [0.2, 0.25) is 0 Å². The van der Waals surface area contributed by atoms with Crippen LogP contribution in [0.3, 0.4) is 0 Å². The Morgan fingerprint density at radius 2 is 2.10 bits per heavy atom. The van der Waals surface area contributed by atoms with Crippen LogP contribution in [0.4, 0.5) is 0 Å². The van der Waals surface area contributed by atoms with E-state index in [1.807, 2.05) is 6.92 Å². The molecule has 0 aliphatic rings. The summed E-state index contributed by atoms with van der Waals surface area (Å²) >= 11 is 3.34. The zero-order valence-corrected chi connectivity index (χ0v) is 13.7. The first-order chi connectivity index (χ1) is 9.88. The summed E-state index contributed by atoms with van der Waals surface area (Å²) in [7, 11) is 1.49. The van der Waals surface area contributed by atoms with Crippen LogP contribution in [0, 0.1) is 0 Å². The average Bonchev–Trinajstić information content (AvgIpc) is 2.39. The number of hydrogen-bond acceptors (Lipinski definition) is 4. The van der Waals surface area contributed by atoms with Gasteiger partial charge in [0.1, 0.15) is 0 Å². The van der Waals surface area contributed by atoms with Crippen molar-refractivity contribution in [3.8, 4) is 11.5 Å². The van der Waals surface area contributed by atoms with Crippen LogP contribution in [0.15, 0.2) is 16.6 Å². The van der Waals surface area contributed by atoms with Crippen molar-refractivity contribution in [3.05, 3.63) is 22.2 Å². The second kappa shape index (κ2) is 7.87. The van der Waals surface area contributed by atoms with E-state index in [1.54, 1.807) is 19.1 Å². The number of methoxy groups -OCH3 is 1. The van der Waals surface area contributed by atoms with Crippen LogP contribution in [0.25, 0.3) is 0 Å². The Morgan fingerprint density at radius 1 is 1.43 bits per heavy atom. The van der Waals surface area contributed by atoms with Gasteiger partial charge in [-0.05, 0) is 41.9 Å². The lowest BCUT2D eigenvalue weighted by atomic mass is 10.1. The van der Waals surface area contributed by atoms with Gasteiger partial charge in [-0.15, -0.1) is 0 Å². The summed E-state index contributed by atoms with van der Waals surface area (Å²) in [6.45, 7) is 3.95. The van der Waals surface area contributed by atoms with Gasteiger partial charge in [-0.3, -0.25) is 9.59 Å². The summed E-state index contributed by atoms with van der Waals surface area (Å²) in [6, 6.07) is 2.70. The number of hydrogen-bond donors (Lipinski definition) is 2. The molecule has 0 heterocycles. The largest absolute Gasteiger partial charge is 0.493 e. The number of benzene rings is 1. The van der Waals surface area contributed by atoms with Crippen LogP contribution >= 0.6 is 15.9 Å². The number of carboxylic acids is 1. The van der Waals surface area contributed by atoms with Gasteiger partial charge in [0.05, 0.1) is 24.6 Å². The molecule has 0 fully saturated rings. The van der Waals surface area contributed by atoms with E-state index in [0.29, 0.717) is 28.1 Å². The number of halogens is 1. The monoisotopic (exact) mass is 359 g/mol. The smallest absolute Gasteiger partial charge is 0.305 e. The molecule has 0 saturated carbocycles. The predicted octanol–water partition coefficient (Wildman–Crippen LogP) is 2.45. The van der Waals surface area contributed by atoms with Gasteiger partial charge >= 0.3 is 5.97 Å². The molecule has 0 saturated heterocycles. The molecule has 0 bridgehead atoms. The standard InChI is InChI=1S/C14H18BrNO5/c1-4-21-13-10(15)6-9(7-11(13)20-3)14(19)16-8(2)5-12(17)18/h6-8H,4-5H2,1-3H3,(H,16,19)(H,17,18). The van der Waals surface area contributed by atoms with Gasteiger partial charge in [-0.25, -0.2) is 0 Å². The Bertz CT molecular complexity index is 532. The Kier molecular flexibility index (Phi) is 6.48. The second-order valence-corrected chi connectivity index (χ2v) is 5.25. The van der Waals surface area contributed by atoms with Gasteiger partial charge in [0, 0.05) is 11.6 Å². The zero-order valence-electron chi connectivity index (χ0n) is 12.1. The lowest BCUT2D eigenvalue weighted by Crippen LogP contribution is -2.34. The number of rotatable bonds is 7. The fourth-order valence-electron chi connectivity index (χ4n) is 1.76. The number of amides is 1. The van der Waals surface area contributed by atoms with Crippen LogP contribution < -0.4 is 14.8 Å². The van der Waals surface area contributed by atoms with E-state index in [4.69, 9.17) is 14.6 Å². The van der Waals surface area contributed by atoms with Gasteiger partial charge in [-0.2, -0.15) is 0 Å². The van der Waals surface area contributed by atoms with Crippen LogP contribution in [0.5, 0.6) is 11.5 Å². The third-order valence-electron chi connectivity index (χ3n) is 2.64. The van der Waals surface area contributed by atoms with E-state index in [2.05, 4.69) is 21.2 Å². The highest BCUT2D eigenvalue weighted by molar-refractivity contribution is 9.10. The molecule has 1 amide bonds. The topological polar surface area (TPSA) is 84.9 Å². The molecule has 7 heteroatoms. The molecule has 1 atom stereocenters. The fraction of sp³-hybridized carbons (Fsp3) is 0.429. The van der Waals surface area contributed by atoms with E-state index in [-0.39, 0.29) is 12.3 Å². The Hall–Kier alpha value is -1.76. The minimum atomic E-state index is -0.965. The minimum Gasteiger partial charge on any atom is -0.493 e. The lowest BCUT2D eigenvalue weighted by Gasteiger charge is -2.15. The maximum Gasteiger partial charge on any atom is 0.305 e. The molecule has 2 N–H and O–H groups in total. The number of carbonyl (C=O) groups is 2. The van der Waals surface area contributed by atoms with Crippen molar-refractivity contribution in [2.45, 2.75) is 26.3 Å². The minimum absolute atomic E-state index is 0.138. The van der Waals surface area contributed by atoms with E-state index in [9.17, 15) is 9.59 Å². The third-order valence-corrected chi connectivity index (χ3v) is 3.23. The molecule has 1 rings (SSSR count). The zero-order chi connectivity index (χ0) is 16.0. The van der Waals surface area contributed by atoms with Crippen molar-refractivity contribution in [2.24, 2.45) is 0 Å². The molecule has 0 aliphatic carbocycles. The summed E-state index contributed by atoms with van der Waals surface area (Å²) in [6.07, 6.45) is -0.138. The summed E-state index contributed by atoms with van der Waals surface area (Å²) in [5, 5.41) is 11.3. The predicted molar refractivity (Wildman–Crippen MR) is 81.0 cm³/mol. The molecule has 1 aromatic rings. The molecular formula is C14H18BrNO5. The van der Waals surface area contributed by atoms with Gasteiger partial charge in [0.25, 0.3) is 5.91 Å². The van der Waals surface area contributed by atoms with Crippen molar-refractivity contribution in [1.29, 1.82) is 0 Å². The summed E-state index contributed by atoms with van der Waals surface area (Å²) in [5.74, 6) is -0.378. The van der Waals surface area contributed by atoms with Gasteiger partial charge in [0.2, 0.25) is 0 Å². The number of aliphatic carboxylic acids is 1. The molecule has 0 spiro atoms. The molecule has 0 radical (unpaired) electrons. The molecule has 1 unspecified atom stereocenters. The molecule has 0 aromatic heterocycles. The average molecular weight is 360 g/mol. The van der Waals surface area contributed by atoms with Gasteiger partial charge in [-0.1, -0.05) is 0 Å². The summed E-state index contributed by atoms with van der Waals surface area (Å²) in [5.41, 5.74) is 0.361. The van der Waals surface area contributed by atoms with E-state index >= 15 is 0 Å². The normalized spacial score (nSPS) is 11.6. The molecule has 21 heavy (non-hydrogen) atoms. The molecule has 116 valence electrons. The van der Waals surface area contributed by atoms with Crippen molar-refractivity contribution in [3.63, 3.8) is 0 Å². The molecule has 6 nitrogen and oxygen atoms in total. The highest BCUT2D eigenvalue weighted by Crippen LogP contribution is 2.36. The van der Waals surface area contributed by atoms with Crippen molar-refractivity contribution in [1.82, 2.24) is 5.32 Å². The first kappa shape index (κ1) is 17.3. The fourth-order valence-corrected chi connectivity index (χ4v) is 2.31. The van der Waals surface area contributed by atoms with E-state index < -0.39 is 12.0 Å². The van der Waals surface area contributed by atoms with E-state index in [0.717, 1.165) is 0 Å². The molecule has 1 aromatic carbocycles. The van der Waals surface area contributed by atoms with Gasteiger partial charge < -0.3 is 19.9 Å². The van der Waals surface area contributed by atoms with Crippen LogP contribution in [-0.4, -0.2) is 36.7 Å². The number of carboxylic acid groups (broad SMARTS) is 1. The number of ether oxygens (including phenoxy) is 2.